The monoisotopic (exact) mass is 379 g/mol. The molecule has 0 fully saturated rings. The van der Waals surface area contributed by atoms with Crippen LogP contribution in [0.2, 0.25) is 0 Å². The quantitative estimate of drug-likeness (QED) is 0.684. The van der Waals surface area contributed by atoms with Crippen molar-refractivity contribution in [3.05, 3.63) is 70.1 Å². The molecule has 0 radical (unpaired) electrons. The molecule has 1 N–H and O–H groups in total. The molecule has 6 heteroatoms. The molecule has 28 heavy (non-hydrogen) atoms. The molecule has 0 aliphatic heterocycles. The summed E-state index contributed by atoms with van der Waals surface area (Å²) in [6.07, 6.45) is 0.351. The Morgan fingerprint density at radius 2 is 1.86 bits per heavy atom. The zero-order valence-electron chi connectivity index (χ0n) is 16.4. The predicted octanol–water partition coefficient (Wildman–Crippen LogP) is 3.20. The van der Waals surface area contributed by atoms with E-state index in [-0.39, 0.29) is 24.0 Å². The fourth-order valence-corrected chi connectivity index (χ4v) is 3.00. The zero-order valence-corrected chi connectivity index (χ0v) is 16.4. The number of carbonyl (C=O) groups is 1. The van der Waals surface area contributed by atoms with Crippen LogP contribution in [-0.4, -0.2) is 21.6 Å². The molecule has 0 saturated carbocycles. The van der Waals surface area contributed by atoms with Crippen LogP contribution in [0.3, 0.4) is 0 Å². The lowest BCUT2D eigenvalue weighted by molar-refractivity contribution is -0.121. The van der Waals surface area contributed by atoms with Gasteiger partial charge in [-0.3, -0.25) is 9.59 Å². The molecular formula is C22H25N3O3. The second-order valence-corrected chi connectivity index (χ2v) is 6.98. The first kappa shape index (κ1) is 19.6. The Bertz CT molecular complexity index is 1020. The van der Waals surface area contributed by atoms with Crippen LogP contribution >= 0.6 is 0 Å². The topological polar surface area (TPSA) is 73.2 Å². The zero-order chi connectivity index (χ0) is 20.1. The number of ether oxygens (including phenoxy) is 1. The minimum absolute atomic E-state index is 0.104. The fraction of sp³-hybridized carbons (Fsp3) is 0.318. The van der Waals surface area contributed by atoms with Gasteiger partial charge in [0.1, 0.15) is 11.4 Å². The molecule has 0 atom stereocenters. The number of hydrogen-bond acceptors (Lipinski definition) is 4. The average molecular weight is 379 g/mol. The molecule has 3 rings (SSSR count). The number of hydrogen-bond donors (Lipinski definition) is 1. The van der Waals surface area contributed by atoms with E-state index in [4.69, 9.17) is 4.74 Å². The van der Waals surface area contributed by atoms with E-state index in [1.54, 1.807) is 11.5 Å². The normalized spacial score (nSPS) is 11.0. The SMILES string of the molecule is Cc1nc2ccccc2n(CCC(=O)NCc2ccc(OC(C)C)cc2)c1=O. The lowest BCUT2D eigenvalue weighted by atomic mass is 10.2. The lowest BCUT2D eigenvalue weighted by Gasteiger charge is -2.12. The van der Waals surface area contributed by atoms with Gasteiger partial charge in [0, 0.05) is 19.5 Å². The van der Waals surface area contributed by atoms with E-state index in [0.717, 1.165) is 22.3 Å². The van der Waals surface area contributed by atoms with E-state index in [2.05, 4.69) is 10.3 Å². The summed E-state index contributed by atoms with van der Waals surface area (Å²) < 4.78 is 7.23. The number of amides is 1. The third kappa shape index (κ3) is 4.76. The molecule has 0 bridgehead atoms. The Balaban J connectivity index is 1.60. The maximum Gasteiger partial charge on any atom is 0.272 e. The van der Waals surface area contributed by atoms with E-state index in [9.17, 15) is 9.59 Å². The first-order chi connectivity index (χ1) is 13.4. The van der Waals surface area contributed by atoms with Crippen molar-refractivity contribution in [2.24, 2.45) is 0 Å². The highest BCUT2D eigenvalue weighted by molar-refractivity contribution is 5.77. The van der Waals surface area contributed by atoms with Crippen molar-refractivity contribution >= 4 is 16.9 Å². The van der Waals surface area contributed by atoms with Gasteiger partial charge in [-0.2, -0.15) is 0 Å². The highest BCUT2D eigenvalue weighted by Gasteiger charge is 2.10. The summed E-state index contributed by atoms with van der Waals surface area (Å²) in [5.74, 6) is 0.706. The van der Waals surface area contributed by atoms with E-state index in [1.165, 1.54) is 0 Å². The molecule has 1 aromatic heterocycles. The van der Waals surface area contributed by atoms with Gasteiger partial charge in [-0.1, -0.05) is 24.3 Å². The second-order valence-electron chi connectivity index (χ2n) is 6.98. The predicted molar refractivity (Wildman–Crippen MR) is 109 cm³/mol. The number of nitrogens with zero attached hydrogens (tertiary/aromatic N) is 2. The summed E-state index contributed by atoms with van der Waals surface area (Å²) in [5.41, 5.74) is 2.76. The minimum atomic E-state index is -0.160. The Hall–Kier alpha value is -3.15. The first-order valence-corrected chi connectivity index (χ1v) is 9.42. The molecule has 2 aromatic carbocycles. The van der Waals surface area contributed by atoms with Crippen LogP contribution in [0.15, 0.2) is 53.3 Å². The summed E-state index contributed by atoms with van der Waals surface area (Å²) in [6, 6.07) is 15.1. The Morgan fingerprint density at radius 3 is 2.57 bits per heavy atom. The number of rotatable bonds is 7. The van der Waals surface area contributed by atoms with E-state index in [0.29, 0.717) is 18.8 Å². The van der Waals surface area contributed by atoms with Gasteiger partial charge in [-0.25, -0.2) is 4.98 Å². The van der Waals surface area contributed by atoms with Crippen molar-refractivity contribution < 1.29 is 9.53 Å². The van der Waals surface area contributed by atoms with Crippen LogP contribution in [0.1, 0.15) is 31.5 Å². The van der Waals surface area contributed by atoms with Gasteiger partial charge in [-0.15, -0.1) is 0 Å². The Morgan fingerprint density at radius 1 is 1.14 bits per heavy atom. The molecule has 146 valence electrons. The van der Waals surface area contributed by atoms with Crippen LogP contribution in [0, 0.1) is 6.92 Å². The second kappa shape index (κ2) is 8.69. The van der Waals surface area contributed by atoms with E-state index < -0.39 is 0 Å². The van der Waals surface area contributed by atoms with Gasteiger partial charge < -0.3 is 14.6 Å². The van der Waals surface area contributed by atoms with Crippen LogP contribution < -0.4 is 15.6 Å². The number of aryl methyl sites for hydroxylation is 2. The summed E-state index contributed by atoms with van der Waals surface area (Å²) in [7, 11) is 0. The maximum atomic E-state index is 12.4. The molecule has 0 aliphatic carbocycles. The molecule has 1 amide bonds. The van der Waals surface area contributed by atoms with Gasteiger partial charge in [0.2, 0.25) is 5.91 Å². The third-order valence-corrected chi connectivity index (χ3v) is 4.36. The Kier molecular flexibility index (Phi) is 6.09. The lowest BCUT2D eigenvalue weighted by Crippen LogP contribution is -2.28. The van der Waals surface area contributed by atoms with Gasteiger partial charge in [0.05, 0.1) is 17.1 Å². The summed E-state index contributed by atoms with van der Waals surface area (Å²) in [6.45, 7) is 6.40. The van der Waals surface area contributed by atoms with E-state index >= 15 is 0 Å². The van der Waals surface area contributed by atoms with Crippen LogP contribution in [0.5, 0.6) is 5.75 Å². The van der Waals surface area contributed by atoms with Crippen molar-refractivity contribution in [1.29, 1.82) is 0 Å². The van der Waals surface area contributed by atoms with Crippen LogP contribution in [0.4, 0.5) is 0 Å². The van der Waals surface area contributed by atoms with Gasteiger partial charge in [-0.05, 0) is 50.6 Å². The summed E-state index contributed by atoms with van der Waals surface area (Å²) in [5, 5.41) is 2.90. The van der Waals surface area contributed by atoms with Crippen LogP contribution in [-0.2, 0) is 17.9 Å². The molecule has 0 unspecified atom stereocenters. The highest BCUT2D eigenvalue weighted by Crippen LogP contribution is 2.14. The summed E-state index contributed by atoms with van der Waals surface area (Å²) >= 11 is 0. The number of benzene rings is 2. The molecule has 0 aliphatic rings. The van der Waals surface area contributed by atoms with Gasteiger partial charge in [0.25, 0.3) is 5.56 Å². The molecule has 3 aromatic rings. The Labute approximate surface area is 164 Å². The van der Waals surface area contributed by atoms with Crippen molar-refractivity contribution in [2.45, 2.75) is 46.4 Å². The van der Waals surface area contributed by atoms with Crippen molar-refractivity contribution in [2.75, 3.05) is 0 Å². The van der Waals surface area contributed by atoms with Crippen molar-refractivity contribution in [1.82, 2.24) is 14.9 Å². The number of nitrogens with one attached hydrogen (secondary N) is 1. The molecule has 6 nitrogen and oxygen atoms in total. The fourth-order valence-electron chi connectivity index (χ4n) is 3.00. The van der Waals surface area contributed by atoms with Crippen LogP contribution in [0.25, 0.3) is 11.0 Å². The number of carbonyl (C=O) groups excluding carboxylic acids is 1. The summed E-state index contributed by atoms with van der Waals surface area (Å²) in [4.78, 5) is 29.0. The largest absolute Gasteiger partial charge is 0.491 e. The van der Waals surface area contributed by atoms with Crippen molar-refractivity contribution in [3.63, 3.8) is 0 Å². The smallest absolute Gasteiger partial charge is 0.272 e. The first-order valence-electron chi connectivity index (χ1n) is 9.42. The average Bonchev–Trinajstić information content (AvgIpc) is 2.67. The number of aromatic nitrogens is 2. The standard InChI is InChI=1S/C22H25N3O3/c1-15(2)28-18-10-8-17(9-11-18)14-23-21(26)12-13-25-20-7-5-4-6-19(20)24-16(3)22(25)27/h4-11,15H,12-14H2,1-3H3,(H,23,26). The number of para-hydroxylation sites is 2. The van der Waals surface area contributed by atoms with E-state index in [1.807, 2.05) is 62.4 Å². The van der Waals surface area contributed by atoms with Crippen molar-refractivity contribution in [3.8, 4) is 5.75 Å². The maximum absolute atomic E-state index is 12.4. The molecule has 0 spiro atoms. The third-order valence-electron chi connectivity index (χ3n) is 4.36. The molecule has 1 heterocycles. The van der Waals surface area contributed by atoms with Gasteiger partial charge in [0.15, 0.2) is 0 Å². The molecule has 0 saturated heterocycles. The van der Waals surface area contributed by atoms with Gasteiger partial charge >= 0.3 is 0 Å². The number of fused-ring (bicyclic) bond motifs is 1. The molecular weight excluding hydrogens is 354 g/mol. The minimum Gasteiger partial charge on any atom is -0.491 e. The highest BCUT2D eigenvalue weighted by atomic mass is 16.5.